The molecule has 0 saturated heterocycles. The fourth-order valence-corrected chi connectivity index (χ4v) is 4.14. The van der Waals surface area contributed by atoms with Gasteiger partial charge in [-0.25, -0.2) is 9.59 Å². The maximum absolute atomic E-state index is 12.7. The lowest BCUT2D eigenvalue weighted by atomic mass is 10.1. The van der Waals surface area contributed by atoms with E-state index in [9.17, 15) is 37.0 Å². The number of carbonyl (C=O) groups is 3. The molecule has 314 valence electrons. The lowest BCUT2D eigenvalue weighted by molar-refractivity contribution is -0.193. The molecule has 0 aliphatic heterocycles. The number of hydrogen-bond acceptors (Lipinski definition) is 13. The van der Waals surface area contributed by atoms with Crippen LogP contribution >= 0.6 is 42.4 Å². The van der Waals surface area contributed by atoms with E-state index in [1.165, 1.54) is 12.1 Å². The van der Waals surface area contributed by atoms with E-state index >= 15 is 0 Å². The zero-order valence-corrected chi connectivity index (χ0v) is 35.3. The molecule has 0 saturated carbocycles. The van der Waals surface area contributed by atoms with Gasteiger partial charge in [0, 0.05) is 12.1 Å². The highest BCUT2D eigenvalue weighted by Gasteiger charge is 2.31. The van der Waals surface area contributed by atoms with Crippen molar-refractivity contribution in [2.75, 3.05) is 48.8 Å². The van der Waals surface area contributed by atoms with E-state index in [2.05, 4.69) is 44.4 Å². The lowest BCUT2D eigenvalue weighted by Crippen LogP contribution is -2.27. The van der Waals surface area contributed by atoms with Crippen LogP contribution in [0.25, 0.3) is 0 Å². The smallest absolute Gasteiger partial charge is 0.416 e. The fraction of sp³-hybridized carbons (Fsp3) is 0.438. The van der Waals surface area contributed by atoms with Crippen LogP contribution in [0.2, 0.25) is 15.3 Å². The molecule has 0 bridgehead atoms. The van der Waals surface area contributed by atoms with E-state index in [1.54, 1.807) is 0 Å². The summed E-state index contributed by atoms with van der Waals surface area (Å²) in [5.74, 6) is -2.58. The Kier molecular flexibility index (Phi) is 22.7. The van der Waals surface area contributed by atoms with Gasteiger partial charge in [0.15, 0.2) is 6.10 Å². The Balaban J connectivity index is 0.000000872. The van der Waals surface area contributed by atoms with E-state index < -0.39 is 56.2 Å². The second-order valence-corrected chi connectivity index (χ2v) is 17.5. The van der Waals surface area contributed by atoms with Crippen molar-refractivity contribution in [3.63, 3.8) is 0 Å². The number of halogens is 6. The van der Waals surface area contributed by atoms with Gasteiger partial charge in [-0.15, -0.1) is 0 Å². The summed E-state index contributed by atoms with van der Waals surface area (Å²) in [6.45, 7) is 9.47. The molecule has 0 fully saturated rings. The van der Waals surface area contributed by atoms with Crippen LogP contribution in [0, 0.1) is 0 Å². The number of esters is 1. The Labute approximate surface area is 339 Å². The Morgan fingerprint density at radius 3 is 2.00 bits per heavy atom. The molecule has 1 aromatic heterocycles. The molecule has 1 heterocycles. The van der Waals surface area contributed by atoms with Crippen LogP contribution in [0.4, 0.5) is 25.1 Å². The molecule has 56 heavy (non-hydrogen) atoms. The Bertz CT molecular complexity index is 1800. The number of ether oxygens (including phenoxy) is 2. The summed E-state index contributed by atoms with van der Waals surface area (Å²) in [6, 6.07) is 6.33. The van der Waals surface area contributed by atoms with E-state index in [-0.39, 0.29) is 37.9 Å². The van der Waals surface area contributed by atoms with E-state index in [0.29, 0.717) is 28.9 Å². The zero-order valence-electron chi connectivity index (χ0n) is 31.3. The number of alkyl halides is 3. The summed E-state index contributed by atoms with van der Waals surface area (Å²) in [7, 11) is -3.71. The number of nitrogens with one attached hydrogen (secondary N) is 3. The first-order valence-electron chi connectivity index (χ1n) is 15.7. The summed E-state index contributed by atoms with van der Waals surface area (Å²) in [5.41, 5.74) is -1.22. The number of nitrogens with zero attached hydrogens (tertiary/aromatic N) is 3. The maximum Gasteiger partial charge on any atom is 0.416 e. The van der Waals surface area contributed by atoms with Gasteiger partial charge >= 0.3 is 24.1 Å². The topological polar surface area (TPSA) is 245 Å². The Hall–Kier alpha value is -3.62. The van der Waals surface area contributed by atoms with Crippen molar-refractivity contribution in [3.05, 3.63) is 62.9 Å². The van der Waals surface area contributed by atoms with Crippen molar-refractivity contribution < 1.29 is 61.6 Å². The molecule has 6 N–H and O–H groups in total. The van der Waals surface area contributed by atoms with Crippen LogP contribution in [0.3, 0.4) is 0 Å². The zero-order chi connectivity index (χ0) is 43.6. The van der Waals surface area contributed by atoms with Gasteiger partial charge in [-0.2, -0.15) is 28.1 Å². The molecule has 2 atom stereocenters. The van der Waals surface area contributed by atoms with Crippen LogP contribution in [0.5, 0.6) is 11.5 Å². The van der Waals surface area contributed by atoms with Gasteiger partial charge in [-0.05, 0) is 93.5 Å². The van der Waals surface area contributed by atoms with Crippen LogP contribution in [-0.4, -0.2) is 97.8 Å². The third kappa shape index (κ3) is 24.1. The standard InChI is InChI=1S/C17H11Cl2F3O5.C9H16ClN5.C3H8NO5P.C3H9S/c1-8(15(23)24)26-16(25)11-7-10(3-4-12(11)18)27-14-5-2-9(6-13(14)19)17(20,21)22;1-5-11-7-12-6(10)13-8(14-7)15-9(2,3)4;5-3(6)1-4-2-10(7,8)9;1-4(2)3/h2-8H,1H3,(H,23,24);5H2,1-4H3,(H2,11,12,13,14,15);4H,1-2H2,(H,5,6)(H2,7,8,9);1-3H3/q;;;+1/p-1/t8-;;;/m0.../s1. The normalized spacial score (nSPS) is 12.5. The molecule has 3 aromatic rings. The molecule has 0 aliphatic carbocycles. The summed E-state index contributed by atoms with van der Waals surface area (Å²) < 4.78 is 58.1. The fourth-order valence-electron chi connectivity index (χ4n) is 3.17. The van der Waals surface area contributed by atoms with E-state index in [1.807, 2.05) is 33.0 Å². The number of aromatic nitrogens is 3. The third-order valence-corrected chi connectivity index (χ3v) is 6.71. The monoisotopic (exact) mass is 896 g/mol. The van der Waals surface area contributed by atoms with Gasteiger partial charge in [0.25, 0.3) is 0 Å². The van der Waals surface area contributed by atoms with Gasteiger partial charge in [0.1, 0.15) is 19.1 Å². The summed E-state index contributed by atoms with van der Waals surface area (Å²) in [5, 5.41) is 24.7. The second-order valence-electron chi connectivity index (χ2n) is 12.3. The summed E-state index contributed by atoms with van der Waals surface area (Å²) in [6.07, 6.45) is -0.0815. The molecule has 16 nitrogen and oxygen atoms in total. The summed E-state index contributed by atoms with van der Waals surface area (Å²) >= 11 is 17.5. The lowest BCUT2D eigenvalue weighted by Gasteiger charge is -2.20. The first-order valence-corrected chi connectivity index (χ1v) is 21.0. The number of anilines is 2. The molecule has 0 radical (unpaired) electrons. The quantitative estimate of drug-likeness (QED) is 0.0667. The molecule has 0 spiro atoms. The minimum absolute atomic E-state index is 0.0246. The highest BCUT2D eigenvalue weighted by atomic mass is 35.5. The van der Waals surface area contributed by atoms with Gasteiger partial charge in [-0.3, -0.25) is 10.1 Å². The number of carbonyl (C=O) groups excluding carboxylic acids is 1. The molecule has 24 heteroatoms. The number of rotatable bonds is 12. The molecule has 2 aromatic carbocycles. The second kappa shape index (κ2) is 24.2. The number of carboxylic acid groups (broad SMARTS) is 2. The SMILES string of the molecule is CCNc1nc(Cl)nc(NC(C)(C)C)n1.C[C@H](OC(=O)c1cc(Oc2ccc(C(F)(F)F)cc2Cl)ccc1Cl)C(=O)O.C[S+](C)C.O=C(O)CNCP(=O)([O-])O. The Morgan fingerprint density at radius 1 is 0.964 bits per heavy atom. The average Bonchev–Trinajstić information content (AvgIpc) is 3.01. The van der Waals surface area contributed by atoms with Crippen LogP contribution < -0.4 is 25.6 Å². The minimum atomic E-state index is -4.56. The number of hydrogen-bond donors (Lipinski definition) is 6. The van der Waals surface area contributed by atoms with Crippen molar-refractivity contribution >= 4 is 83.1 Å². The van der Waals surface area contributed by atoms with Gasteiger partial charge in [0.05, 0.1) is 52.8 Å². The van der Waals surface area contributed by atoms with E-state index in [4.69, 9.17) is 59.4 Å². The molecule has 1 unspecified atom stereocenters. The van der Waals surface area contributed by atoms with Crippen LogP contribution in [-0.2, 0) is 36.0 Å². The van der Waals surface area contributed by atoms with Crippen molar-refractivity contribution in [3.8, 4) is 11.5 Å². The highest BCUT2D eigenvalue weighted by Crippen LogP contribution is 2.37. The van der Waals surface area contributed by atoms with Crippen molar-refractivity contribution in [1.82, 2.24) is 20.3 Å². The summed E-state index contributed by atoms with van der Waals surface area (Å²) in [4.78, 5) is 62.7. The molecular weight excluding hydrogens is 855 g/mol. The first-order chi connectivity index (χ1) is 25.5. The predicted octanol–water partition coefficient (Wildman–Crippen LogP) is 6.26. The molecule has 0 amide bonds. The molecule has 3 rings (SSSR count). The molecular formula is C32H43Cl3F3N6O10PS. The molecule has 0 aliphatic rings. The maximum atomic E-state index is 12.7. The van der Waals surface area contributed by atoms with Gasteiger partial charge in [-0.1, -0.05) is 23.2 Å². The number of carboxylic acids is 2. The number of benzene rings is 2. The van der Waals surface area contributed by atoms with Crippen LogP contribution in [0.1, 0.15) is 50.5 Å². The minimum Gasteiger partial charge on any atom is -0.778 e. The third-order valence-electron chi connectivity index (χ3n) is 5.29. The predicted molar refractivity (Wildman–Crippen MR) is 208 cm³/mol. The van der Waals surface area contributed by atoms with Crippen molar-refractivity contribution in [2.45, 2.75) is 52.4 Å². The first kappa shape index (κ1) is 52.4. The average molecular weight is 898 g/mol. The highest BCUT2D eigenvalue weighted by molar-refractivity contribution is 7.94. The van der Waals surface area contributed by atoms with Gasteiger partial charge < -0.3 is 44.7 Å². The largest absolute Gasteiger partial charge is 0.778 e. The van der Waals surface area contributed by atoms with E-state index in [0.717, 1.165) is 31.7 Å². The van der Waals surface area contributed by atoms with Crippen LogP contribution in [0.15, 0.2) is 36.4 Å². The van der Waals surface area contributed by atoms with Gasteiger partial charge in [0.2, 0.25) is 17.2 Å². The number of aliphatic carboxylic acids is 2. The van der Waals surface area contributed by atoms with Crippen molar-refractivity contribution in [2.24, 2.45) is 0 Å². The van der Waals surface area contributed by atoms with Crippen molar-refractivity contribution in [1.29, 1.82) is 0 Å². The Morgan fingerprint density at radius 2 is 1.54 bits per heavy atom.